The zero-order chi connectivity index (χ0) is 25.2. The molecule has 0 unspecified atom stereocenters. The Hall–Kier alpha value is -2.89. The van der Waals surface area contributed by atoms with Gasteiger partial charge in [-0.3, -0.25) is 4.79 Å². The molecule has 0 atom stereocenters. The van der Waals surface area contributed by atoms with Gasteiger partial charge in [-0.2, -0.15) is 9.57 Å². The summed E-state index contributed by atoms with van der Waals surface area (Å²) < 4.78 is 28.6. The first-order valence-electron chi connectivity index (χ1n) is 12.4. The van der Waals surface area contributed by atoms with E-state index in [1.807, 2.05) is 49.1 Å². The van der Waals surface area contributed by atoms with Crippen LogP contribution in [0, 0.1) is 31.1 Å². The average Bonchev–Trinajstić information content (AvgIpc) is 3.12. The summed E-state index contributed by atoms with van der Waals surface area (Å²) in [4.78, 5) is 17.8. The van der Waals surface area contributed by atoms with Gasteiger partial charge in [-0.15, -0.1) is 0 Å². The second kappa shape index (κ2) is 10.4. The van der Waals surface area contributed by atoms with Crippen molar-refractivity contribution in [2.75, 3.05) is 44.2 Å². The van der Waals surface area contributed by atoms with Crippen LogP contribution in [0.5, 0.6) is 0 Å². The number of amides is 1. The molecular formula is C27H34N4O3S. The van der Waals surface area contributed by atoms with Gasteiger partial charge in [0.1, 0.15) is 0 Å². The van der Waals surface area contributed by atoms with Crippen LogP contribution in [0.25, 0.3) is 0 Å². The predicted molar refractivity (Wildman–Crippen MR) is 137 cm³/mol. The fourth-order valence-corrected chi connectivity index (χ4v) is 6.68. The van der Waals surface area contributed by atoms with E-state index in [2.05, 4.69) is 17.9 Å². The second-order valence-electron chi connectivity index (χ2n) is 9.79. The van der Waals surface area contributed by atoms with Crippen molar-refractivity contribution in [3.05, 3.63) is 58.7 Å². The Kier molecular flexibility index (Phi) is 7.48. The van der Waals surface area contributed by atoms with Crippen molar-refractivity contribution < 1.29 is 13.2 Å². The van der Waals surface area contributed by atoms with E-state index in [0.717, 1.165) is 37.1 Å². The molecule has 2 heterocycles. The molecule has 0 aromatic heterocycles. The zero-order valence-electron chi connectivity index (χ0n) is 20.8. The van der Waals surface area contributed by atoms with E-state index < -0.39 is 10.0 Å². The fraction of sp³-hybridized carbons (Fsp3) is 0.481. The lowest BCUT2D eigenvalue weighted by atomic mass is 10.0. The largest absolute Gasteiger partial charge is 0.370 e. The Morgan fingerprint density at radius 1 is 0.971 bits per heavy atom. The van der Waals surface area contributed by atoms with Gasteiger partial charge >= 0.3 is 0 Å². The number of benzene rings is 2. The average molecular weight is 495 g/mol. The molecule has 8 heteroatoms. The first-order valence-corrected chi connectivity index (χ1v) is 13.8. The molecule has 2 aromatic rings. The van der Waals surface area contributed by atoms with Crippen LogP contribution < -0.4 is 4.90 Å². The Bertz CT molecular complexity index is 1230. The van der Waals surface area contributed by atoms with Gasteiger partial charge < -0.3 is 9.80 Å². The standard InChI is InChI=1S/C27H34N4O3S/c1-20-9-13-31(14-10-20)35(33,34)26-18-24(17-21(2)22(26)3)27(32)30-12-4-11-29(15-16-30)25-7-5-23(19-28)6-8-25/h5-8,17-18,20H,4,9-16H2,1-3H3. The summed E-state index contributed by atoms with van der Waals surface area (Å²) in [5.41, 5.74) is 3.62. The van der Waals surface area contributed by atoms with E-state index in [9.17, 15) is 13.2 Å². The van der Waals surface area contributed by atoms with Crippen LogP contribution >= 0.6 is 0 Å². The Morgan fingerprint density at radius 3 is 2.31 bits per heavy atom. The van der Waals surface area contributed by atoms with Gasteiger partial charge in [-0.05, 0) is 86.6 Å². The third kappa shape index (κ3) is 5.36. The third-order valence-electron chi connectivity index (χ3n) is 7.37. The van der Waals surface area contributed by atoms with Crippen molar-refractivity contribution >= 4 is 21.6 Å². The van der Waals surface area contributed by atoms with E-state index in [0.29, 0.717) is 55.3 Å². The molecule has 0 spiro atoms. The lowest BCUT2D eigenvalue weighted by molar-refractivity contribution is 0.0766. The number of carbonyl (C=O) groups excluding carboxylic acids is 1. The number of hydrogen-bond acceptors (Lipinski definition) is 5. The lowest BCUT2D eigenvalue weighted by Crippen LogP contribution is -2.38. The Morgan fingerprint density at radius 2 is 1.66 bits per heavy atom. The summed E-state index contributed by atoms with van der Waals surface area (Å²) in [5.74, 6) is 0.405. The maximum absolute atomic E-state index is 13.5. The normalized spacial score (nSPS) is 18.2. The van der Waals surface area contributed by atoms with Gasteiger partial charge in [-0.1, -0.05) is 6.92 Å². The van der Waals surface area contributed by atoms with Crippen molar-refractivity contribution in [1.29, 1.82) is 5.26 Å². The molecular weight excluding hydrogens is 460 g/mol. The highest BCUT2D eigenvalue weighted by atomic mass is 32.2. The predicted octanol–water partition coefficient (Wildman–Crippen LogP) is 3.95. The highest BCUT2D eigenvalue weighted by Gasteiger charge is 2.31. The summed E-state index contributed by atoms with van der Waals surface area (Å²) in [7, 11) is -3.65. The van der Waals surface area contributed by atoms with E-state index in [4.69, 9.17) is 5.26 Å². The number of rotatable bonds is 4. The van der Waals surface area contributed by atoms with Gasteiger partial charge in [-0.25, -0.2) is 8.42 Å². The van der Waals surface area contributed by atoms with Crippen LogP contribution in [0.4, 0.5) is 5.69 Å². The first-order chi connectivity index (χ1) is 16.7. The number of carbonyl (C=O) groups is 1. The lowest BCUT2D eigenvalue weighted by Gasteiger charge is -2.30. The number of sulfonamides is 1. The highest BCUT2D eigenvalue weighted by Crippen LogP contribution is 2.29. The van der Waals surface area contributed by atoms with Gasteiger partial charge in [0.15, 0.2) is 0 Å². The topological polar surface area (TPSA) is 84.7 Å². The smallest absolute Gasteiger partial charge is 0.253 e. The van der Waals surface area contributed by atoms with Crippen molar-refractivity contribution in [3.8, 4) is 6.07 Å². The second-order valence-corrected chi connectivity index (χ2v) is 11.7. The van der Waals surface area contributed by atoms with E-state index in [1.165, 1.54) is 0 Å². The monoisotopic (exact) mass is 494 g/mol. The van der Waals surface area contributed by atoms with E-state index >= 15 is 0 Å². The van der Waals surface area contributed by atoms with Gasteiger partial charge in [0.05, 0.1) is 16.5 Å². The van der Waals surface area contributed by atoms with E-state index in [-0.39, 0.29) is 10.8 Å². The van der Waals surface area contributed by atoms with E-state index in [1.54, 1.807) is 10.4 Å². The molecule has 2 fully saturated rings. The Balaban J connectivity index is 1.53. The number of nitriles is 1. The molecule has 0 bridgehead atoms. The maximum Gasteiger partial charge on any atom is 0.253 e. The summed E-state index contributed by atoms with van der Waals surface area (Å²) in [6.07, 6.45) is 2.53. The Labute approximate surface area is 209 Å². The molecule has 186 valence electrons. The molecule has 7 nitrogen and oxygen atoms in total. The van der Waals surface area contributed by atoms with Crippen molar-refractivity contribution in [2.24, 2.45) is 5.92 Å². The maximum atomic E-state index is 13.5. The number of nitrogens with zero attached hydrogens (tertiary/aromatic N) is 4. The molecule has 2 aromatic carbocycles. The molecule has 0 aliphatic carbocycles. The zero-order valence-corrected chi connectivity index (χ0v) is 21.6. The fourth-order valence-electron chi connectivity index (χ4n) is 4.89. The summed E-state index contributed by atoms with van der Waals surface area (Å²) in [5, 5.41) is 9.03. The molecule has 2 saturated heterocycles. The van der Waals surface area contributed by atoms with Crippen LogP contribution in [0.1, 0.15) is 53.2 Å². The van der Waals surface area contributed by atoms with Crippen LogP contribution in [-0.2, 0) is 10.0 Å². The van der Waals surface area contributed by atoms with Crippen LogP contribution in [0.15, 0.2) is 41.3 Å². The van der Waals surface area contributed by atoms with Gasteiger partial charge in [0.25, 0.3) is 5.91 Å². The van der Waals surface area contributed by atoms with Crippen LogP contribution in [0.2, 0.25) is 0 Å². The molecule has 0 N–H and O–H groups in total. The summed E-state index contributed by atoms with van der Waals surface area (Å²) >= 11 is 0. The van der Waals surface area contributed by atoms with Gasteiger partial charge in [0, 0.05) is 50.5 Å². The molecule has 0 saturated carbocycles. The minimum Gasteiger partial charge on any atom is -0.370 e. The molecule has 2 aliphatic rings. The van der Waals surface area contributed by atoms with Gasteiger partial charge in [0.2, 0.25) is 10.0 Å². The molecule has 4 rings (SSSR count). The number of piperidine rings is 1. The van der Waals surface area contributed by atoms with Crippen LogP contribution in [-0.4, -0.2) is 62.8 Å². The summed E-state index contributed by atoms with van der Waals surface area (Å²) in [6, 6.07) is 13.0. The van der Waals surface area contributed by atoms with Crippen LogP contribution in [0.3, 0.4) is 0 Å². The summed E-state index contributed by atoms with van der Waals surface area (Å²) in [6.45, 7) is 9.57. The first kappa shape index (κ1) is 25.2. The minimum atomic E-state index is -3.65. The van der Waals surface area contributed by atoms with Crippen molar-refractivity contribution in [2.45, 2.75) is 44.9 Å². The quantitative estimate of drug-likeness (QED) is 0.643. The molecule has 2 aliphatic heterocycles. The third-order valence-corrected chi connectivity index (χ3v) is 9.40. The molecule has 35 heavy (non-hydrogen) atoms. The van der Waals surface area contributed by atoms with Crippen molar-refractivity contribution in [3.63, 3.8) is 0 Å². The number of aryl methyl sites for hydroxylation is 1. The number of anilines is 1. The SMILES string of the molecule is Cc1cc(C(=O)N2CCCN(c3ccc(C#N)cc3)CC2)cc(S(=O)(=O)N2CCC(C)CC2)c1C. The number of hydrogen-bond donors (Lipinski definition) is 0. The highest BCUT2D eigenvalue weighted by molar-refractivity contribution is 7.89. The van der Waals surface area contributed by atoms with Crippen molar-refractivity contribution in [1.82, 2.24) is 9.21 Å². The minimum absolute atomic E-state index is 0.126. The molecule has 0 radical (unpaired) electrons. The molecule has 1 amide bonds.